The van der Waals surface area contributed by atoms with Crippen molar-refractivity contribution in [3.05, 3.63) is 54.2 Å². The molecule has 0 aliphatic heterocycles. The Balaban J connectivity index is 1.76. The molecule has 0 fully saturated rings. The third kappa shape index (κ3) is 9.93. The van der Waals surface area contributed by atoms with Gasteiger partial charge in [-0.3, -0.25) is 19.2 Å². The van der Waals surface area contributed by atoms with Crippen LogP contribution in [0.1, 0.15) is 43.4 Å². The van der Waals surface area contributed by atoms with Gasteiger partial charge in [-0.1, -0.05) is 18.2 Å². The molecule has 0 bridgehead atoms. The molecule has 15 nitrogen and oxygen atoms in total. The number of benzene rings is 1. The maximum atomic E-state index is 13.5. The Morgan fingerprint density at radius 1 is 0.884 bits per heavy atom. The number of aliphatic carboxylic acids is 1. The summed E-state index contributed by atoms with van der Waals surface area (Å²) in [6.07, 6.45) is 5.72. The monoisotopic (exact) mass is 597 g/mol. The Morgan fingerprint density at radius 3 is 2.26 bits per heavy atom. The van der Waals surface area contributed by atoms with Gasteiger partial charge in [-0.15, -0.1) is 0 Å². The highest BCUT2D eigenvalue weighted by molar-refractivity contribution is 5.94. The van der Waals surface area contributed by atoms with E-state index in [2.05, 4.69) is 30.9 Å². The number of carboxylic acids is 1. The number of primary amides is 1. The first-order valence-corrected chi connectivity index (χ1v) is 14.0. The van der Waals surface area contributed by atoms with Gasteiger partial charge < -0.3 is 48.2 Å². The maximum absolute atomic E-state index is 13.5. The average Bonchev–Trinajstić information content (AvgIpc) is 3.64. The van der Waals surface area contributed by atoms with Crippen molar-refractivity contribution < 1.29 is 29.1 Å². The summed E-state index contributed by atoms with van der Waals surface area (Å²) in [4.78, 5) is 72.7. The van der Waals surface area contributed by atoms with Crippen LogP contribution in [-0.4, -0.2) is 80.4 Å². The number of rotatable bonds is 18. The standard InChI is InChI=1S/C28H39N9O6/c29-10-4-3-7-21(35-25(39)19(30)8-9-24(31)38)26(40)36-22(12-17-14-32-15-34-17)27(41)37-23(28(42)43)11-16-13-33-20-6-2-1-5-18(16)20/h1-2,5-6,13-15,19,21-23,33H,3-4,7-12,29-30H2,(H2,31,38)(H,32,34)(H,35,39)(H,36,40)(H,37,41)(H,42,43). The van der Waals surface area contributed by atoms with Gasteiger partial charge in [0.1, 0.15) is 18.1 Å². The van der Waals surface area contributed by atoms with Crippen molar-refractivity contribution >= 4 is 40.5 Å². The van der Waals surface area contributed by atoms with Gasteiger partial charge in [0.05, 0.1) is 12.4 Å². The topological polar surface area (TPSA) is 264 Å². The summed E-state index contributed by atoms with van der Waals surface area (Å²) >= 11 is 0. The zero-order chi connectivity index (χ0) is 31.4. The molecule has 4 unspecified atom stereocenters. The number of carboxylic acid groups (broad SMARTS) is 1. The molecular formula is C28H39N9O6. The number of hydrogen-bond donors (Lipinski definition) is 9. The van der Waals surface area contributed by atoms with Crippen LogP contribution in [0, 0.1) is 0 Å². The normalized spacial score (nSPS) is 13.9. The molecule has 232 valence electrons. The van der Waals surface area contributed by atoms with E-state index in [1.165, 1.54) is 12.5 Å². The molecule has 1 aromatic carbocycles. The number of aromatic amines is 2. The smallest absolute Gasteiger partial charge is 0.326 e. The van der Waals surface area contributed by atoms with Crippen LogP contribution in [0.25, 0.3) is 10.9 Å². The summed E-state index contributed by atoms with van der Waals surface area (Å²) in [5, 5.41) is 18.5. The second kappa shape index (κ2) is 16.0. The molecule has 0 aliphatic rings. The molecule has 4 atom stereocenters. The van der Waals surface area contributed by atoms with Crippen molar-refractivity contribution in [1.29, 1.82) is 0 Å². The van der Waals surface area contributed by atoms with Gasteiger partial charge in [0.2, 0.25) is 23.6 Å². The number of hydrogen-bond acceptors (Lipinski definition) is 8. The quantitative estimate of drug-likeness (QED) is 0.0807. The first-order valence-electron chi connectivity index (χ1n) is 14.0. The van der Waals surface area contributed by atoms with Gasteiger partial charge in [0.15, 0.2) is 0 Å². The highest BCUT2D eigenvalue weighted by atomic mass is 16.4. The SMILES string of the molecule is NCCCCC(NC(=O)C(N)CCC(N)=O)C(=O)NC(Cc1cnc[nH]1)C(=O)NC(Cc1c[nH]c2ccccc12)C(=O)O. The van der Waals surface area contributed by atoms with E-state index in [9.17, 15) is 29.1 Å². The number of carbonyl (C=O) groups is 5. The zero-order valence-corrected chi connectivity index (χ0v) is 23.7. The predicted molar refractivity (Wildman–Crippen MR) is 157 cm³/mol. The maximum Gasteiger partial charge on any atom is 0.326 e. The number of unbranched alkanes of at least 4 members (excludes halogenated alkanes) is 1. The van der Waals surface area contributed by atoms with Crippen LogP contribution in [0.2, 0.25) is 0 Å². The van der Waals surface area contributed by atoms with Gasteiger partial charge in [-0.05, 0) is 43.9 Å². The van der Waals surface area contributed by atoms with Gasteiger partial charge in [-0.2, -0.15) is 0 Å². The third-order valence-corrected chi connectivity index (χ3v) is 6.94. The molecule has 3 rings (SSSR count). The lowest BCUT2D eigenvalue weighted by Gasteiger charge is -2.25. The number of carbonyl (C=O) groups excluding carboxylic acids is 4. The fourth-order valence-electron chi connectivity index (χ4n) is 4.56. The van der Waals surface area contributed by atoms with Crippen LogP contribution in [-0.2, 0) is 36.8 Å². The highest BCUT2D eigenvalue weighted by Gasteiger charge is 2.31. The number of para-hydroxylation sites is 1. The van der Waals surface area contributed by atoms with Crippen molar-refractivity contribution in [2.75, 3.05) is 6.54 Å². The number of aromatic nitrogens is 3. The van der Waals surface area contributed by atoms with Crippen LogP contribution in [0.4, 0.5) is 0 Å². The molecule has 0 spiro atoms. The summed E-state index contributed by atoms with van der Waals surface area (Å²) in [6, 6.07) is 2.73. The van der Waals surface area contributed by atoms with E-state index in [0.717, 1.165) is 10.9 Å². The summed E-state index contributed by atoms with van der Waals surface area (Å²) in [5.41, 5.74) is 18.7. The van der Waals surface area contributed by atoms with Crippen molar-refractivity contribution in [3.63, 3.8) is 0 Å². The number of fused-ring (bicyclic) bond motifs is 1. The Hall–Kier alpha value is -4.76. The van der Waals surface area contributed by atoms with Crippen LogP contribution >= 0.6 is 0 Å². The van der Waals surface area contributed by atoms with Gasteiger partial charge in [-0.25, -0.2) is 9.78 Å². The van der Waals surface area contributed by atoms with E-state index < -0.39 is 53.8 Å². The van der Waals surface area contributed by atoms with Crippen LogP contribution in [0.3, 0.4) is 0 Å². The molecular weight excluding hydrogens is 558 g/mol. The second-order valence-corrected chi connectivity index (χ2v) is 10.3. The molecule has 43 heavy (non-hydrogen) atoms. The van der Waals surface area contributed by atoms with Crippen molar-refractivity contribution in [2.45, 2.75) is 69.1 Å². The summed E-state index contributed by atoms with van der Waals surface area (Å²) in [7, 11) is 0. The second-order valence-electron chi connectivity index (χ2n) is 10.3. The van der Waals surface area contributed by atoms with Gasteiger partial charge in [0.25, 0.3) is 0 Å². The number of nitrogens with zero attached hydrogens (tertiary/aromatic N) is 1. The summed E-state index contributed by atoms with van der Waals surface area (Å²) in [6.45, 7) is 0.373. The van der Waals surface area contributed by atoms with E-state index in [4.69, 9.17) is 17.2 Å². The summed E-state index contributed by atoms with van der Waals surface area (Å²) in [5.74, 6) is -3.93. The Bertz CT molecular complexity index is 1390. The van der Waals surface area contributed by atoms with Gasteiger partial charge in [0, 0.05) is 48.3 Å². The minimum Gasteiger partial charge on any atom is -0.480 e. The minimum absolute atomic E-state index is 0.00320. The van der Waals surface area contributed by atoms with E-state index >= 15 is 0 Å². The van der Waals surface area contributed by atoms with Crippen LogP contribution in [0.15, 0.2) is 43.0 Å². The molecule has 2 aromatic heterocycles. The first kappa shape index (κ1) is 32.8. The molecule has 2 heterocycles. The molecule has 15 heteroatoms. The number of H-pyrrole nitrogens is 2. The summed E-state index contributed by atoms with van der Waals surface area (Å²) < 4.78 is 0. The van der Waals surface area contributed by atoms with Crippen molar-refractivity contribution in [1.82, 2.24) is 30.9 Å². The number of amides is 4. The van der Waals surface area contributed by atoms with E-state index in [1.54, 1.807) is 6.20 Å². The van der Waals surface area contributed by atoms with E-state index in [-0.39, 0.29) is 32.1 Å². The predicted octanol–water partition coefficient (Wildman–Crippen LogP) is -1.06. The molecule has 0 saturated heterocycles. The molecule has 4 amide bonds. The number of nitrogens with one attached hydrogen (secondary N) is 5. The largest absolute Gasteiger partial charge is 0.480 e. The van der Waals surface area contributed by atoms with E-state index in [1.807, 2.05) is 24.3 Å². The molecule has 3 aromatic rings. The lowest BCUT2D eigenvalue weighted by Crippen LogP contribution is -2.57. The lowest BCUT2D eigenvalue weighted by atomic mass is 10.0. The van der Waals surface area contributed by atoms with Crippen LogP contribution in [0.5, 0.6) is 0 Å². The molecule has 12 N–H and O–H groups in total. The minimum atomic E-state index is -1.30. The van der Waals surface area contributed by atoms with Crippen molar-refractivity contribution in [3.8, 4) is 0 Å². The Morgan fingerprint density at radius 2 is 1.58 bits per heavy atom. The molecule has 0 saturated carbocycles. The fraction of sp³-hybridized carbons (Fsp3) is 0.429. The zero-order valence-electron chi connectivity index (χ0n) is 23.7. The molecule has 0 radical (unpaired) electrons. The van der Waals surface area contributed by atoms with Gasteiger partial charge >= 0.3 is 5.97 Å². The molecule has 0 aliphatic carbocycles. The fourth-order valence-corrected chi connectivity index (χ4v) is 4.56. The van der Waals surface area contributed by atoms with E-state index in [0.29, 0.717) is 30.6 Å². The average molecular weight is 598 g/mol. The Kier molecular flexibility index (Phi) is 12.2. The van der Waals surface area contributed by atoms with Crippen LogP contribution < -0.4 is 33.2 Å². The number of nitrogens with two attached hydrogens (primary N) is 3. The lowest BCUT2D eigenvalue weighted by molar-refractivity contribution is -0.142. The third-order valence-electron chi connectivity index (χ3n) is 6.94. The first-order chi connectivity index (χ1) is 20.6. The van der Waals surface area contributed by atoms with Crippen molar-refractivity contribution in [2.24, 2.45) is 17.2 Å². The number of imidazole rings is 1. The Labute approximate surface area is 247 Å². The highest BCUT2D eigenvalue weighted by Crippen LogP contribution is 2.19.